The highest BCUT2D eigenvalue weighted by Gasteiger charge is 2.23. The van der Waals surface area contributed by atoms with E-state index in [1.807, 2.05) is 44.4 Å². The number of rotatable bonds is 5. The van der Waals surface area contributed by atoms with E-state index in [4.69, 9.17) is 0 Å². The molecule has 7 nitrogen and oxygen atoms in total. The Bertz CT molecular complexity index is 967. The van der Waals surface area contributed by atoms with Gasteiger partial charge in [-0.3, -0.25) is 24.3 Å². The molecule has 4 rings (SSSR count). The minimum Gasteiger partial charge on any atom is -0.319 e. The van der Waals surface area contributed by atoms with Gasteiger partial charge in [0.2, 0.25) is 0 Å². The van der Waals surface area contributed by atoms with Gasteiger partial charge in [-0.2, -0.15) is 5.10 Å². The largest absolute Gasteiger partial charge is 0.319 e. The number of carbonyl (C=O) groups is 1. The fourth-order valence-corrected chi connectivity index (χ4v) is 3.86. The van der Waals surface area contributed by atoms with Crippen molar-refractivity contribution in [2.24, 2.45) is 7.05 Å². The number of anilines is 1. The molecule has 0 radical (unpaired) electrons. The van der Waals surface area contributed by atoms with Crippen molar-refractivity contribution >= 4 is 11.6 Å². The second kappa shape index (κ2) is 8.53. The summed E-state index contributed by atoms with van der Waals surface area (Å²) in [7, 11) is 1.83. The molecule has 1 saturated heterocycles. The minimum absolute atomic E-state index is 0.166. The lowest BCUT2D eigenvalue weighted by molar-refractivity contribution is 0.102. The Hall–Kier alpha value is -3.06. The maximum atomic E-state index is 12.5. The molecule has 1 fully saturated rings. The molecule has 3 aromatic rings. The highest BCUT2D eigenvalue weighted by molar-refractivity contribution is 6.04. The molecule has 0 spiro atoms. The Kier molecular flexibility index (Phi) is 5.67. The van der Waals surface area contributed by atoms with Crippen LogP contribution in [0.25, 0.3) is 0 Å². The quantitative estimate of drug-likeness (QED) is 0.724. The fourth-order valence-electron chi connectivity index (χ4n) is 3.86. The number of aryl methyl sites for hydroxylation is 2. The first kappa shape index (κ1) is 19.3. The van der Waals surface area contributed by atoms with E-state index in [-0.39, 0.29) is 5.91 Å². The van der Waals surface area contributed by atoms with Crippen molar-refractivity contribution in [3.8, 4) is 0 Å². The predicted octanol–water partition coefficient (Wildman–Crippen LogP) is 3.15. The second-order valence-corrected chi connectivity index (χ2v) is 7.62. The van der Waals surface area contributed by atoms with Gasteiger partial charge in [-0.05, 0) is 50.6 Å². The molecule has 1 N–H and O–H groups in total. The normalized spacial score (nSPS) is 17.2. The van der Waals surface area contributed by atoms with Crippen molar-refractivity contribution in [2.75, 3.05) is 18.4 Å². The van der Waals surface area contributed by atoms with Gasteiger partial charge in [-0.1, -0.05) is 6.07 Å². The Morgan fingerprint density at radius 2 is 2.14 bits per heavy atom. The van der Waals surface area contributed by atoms with Gasteiger partial charge >= 0.3 is 0 Å². The first-order chi connectivity index (χ1) is 14.1. The topological polar surface area (TPSA) is 75.9 Å². The lowest BCUT2D eigenvalue weighted by Crippen LogP contribution is -2.34. The Morgan fingerprint density at radius 3 is 2.83 bits per heavy atom. The van der Waals surface area contributed by atoms with Crippen LogP contribution in [0.4, 0.5) is 5.69 Å². The van der Waals surface area contributed by atoms with Crippen LogP contribution >= 0.6 is 0 Å². The maximum absolute atomic E-state index is 12.5. The first-order valence-corrected chi connectivity index (χ1v) is 9.98. The van der Waals surface area contributed by atoms with Gasteiger partial charge in [0.1, 0.15) is 0 Å². The molecule has 0 bridgehead atoms. The van der Waals surface area contributed by atoms with E-state index in [9.17, 15) is 4.79 Å². The molecule has 7 heteroatoms. The van der Waals surface area contributed by atoms with Gasteiger partial charge in [-0.15, -0.1) is 0 Å². The van der Waals surface area contributed by atoms with Crippen molar-refractivity contribution in [1.82, 2.24) is 24.6 Å². The number of amides is 1. The molecule has 29 heavy (non-hydrogen) atoms. The molecule has 3 aromatic heterocycles. The van der Waals surface area contributed by atoms with Crippen LogP contribution in [0.3, 0.4) is 0 Å². The fraction of sp³-hybridized carbons (Fsp3) is 0.364. The van der Waals surface area contributed by atoms with E-state index >= 15 is 0 Å². The van der Waals surface area contributed by atoms with Gasteiger partial charge in [0.25, 0.3) is 5.91 Å². The van der Waals surface area contributed by atoms with Gasteiger partial charge in [0.15, 0.2) is 0 Å². The molecule has 150 valence electrons. The third-order valence-electron chi connectivity index (χ3n) is 5.35. The zero-order chi connectivity index (χ0) is 20.2. The van der Waals surface area contributed by atoms with E-state index in [1.165, 1.54) is 0 Å². The van der Waals surface area contributed by atoms with Crippen molar-refractivity contribution in [1.29, 1.82) is 0 Å². The lowest BCUT2D eigenvalue weighted by Gasteiger charge is -2.32. The number of pyridine rings is 2. The van der Waals surface area contributed by atoms with Crippen LogP contribution in [0.2, 0.25) is 0 Å². The summed E-state index contributed by atoms with van der Waals surface area (Å²) in [5, 5.41) is 7.15. The van der Waals surface area contributed by atoms with Crippen molar-refractivity contribution in [3.63, 3.8) is 0 Å². The second-order valence-electron chi connectivity index (χ2n) is 7.62. The molecule has 1 unspecified atom stereocenters. The maximum Gasteiger partial charge on any atom is 0.257 e. The average Bonchev–Trinajstić information content (AvgIpc) is 3.05. The molecule has 1 amide bonds. The van der Waals surface area contributed by atoms with Crippen molar-refractivity contribution in [2.45, 2.75) is 32.2 Å². The SMILES string of the molecule is Cc1nn(C)cc1NC(=O)c1ccc(C2CCCN(Cc3ccccn3)C2)nc1. The minimum atomic E-state index is -0.166. The number of piperidine rings is 1. The Morgan fingerprint density at radius 1 is 1.24 bits per heavy atom. The van der Waals surface area contributed by atoms with Crippen LogP contribution in [0.1, 0.15) is 46.2 Å². The Labute approximate surface area is 170 Å². The van der Waals surface area contributed by atoms with Crippen molar-refractivity contribution < 1.29 is 4.79 Å². The van der Waals surface area contributed by atoms with Gasteiger partial charge in [0, 0.05) is 50.3 Å². The van der Waals surface area contributed by atoms with Crippen LogP contribution in [-0.4, -0.2) is 43.6 Å². The summed E-state index contributed by atoms with van der Waals surface area (Å²) in [5.41, 5.74) is 4.21. The van der Waals surface area contributed by atoms with E-state index in [0.29, 0.717) is 11.5 Å². The highest BCUT2D eigenvalue weighted by atomic mass is 16.1. The summed E-state index contributed by atoms with van der Waals surface area (Å²) in [4.78, 5) is 24.0. The molecule has 0 aliphatic carbocycles. The number of hydrogen-bond donors (Lipinski definition) is 1. The monoisotopic (exact) mass is 390 g/mol. The third-order valence-corrected chi connectivity index (χ3v) is 5.35. The molecule has 4 heterocycles. The average molecular weight is 390 g/mol. The van der Waals surface area contributed by atoms with Gasteiger partial charge in [0.05, 0.1) is 22.6 Å². The number of nitrogens with zero attached hydrogens (tertiary/aromatic N) is 5. The zero-order valence-corrected chi connectivity index (χ0v) is 16.9. The standard InChI is InChI=1S/C22H26N6O/c1-16-21(15-27(2)26-16)25-22(29)17-8-9-20(24-12-17)18-6-5-11-28(13-18)14-19-7-3-4-10-23-19/h3-4,7-10,12,15,18H,5-6,11,13-14H2,1-2H3,(H,25,29). The summed E-state index contributed by atoms with van der Waals surface area (Å²) < 4.78 is 1.69. The van der Waals surface area contributed by atoms with E-state index in [2.05, 4.69) is 31.3 Å². The number of nitrogens with one attached hydrogen (secondary N) is 1. The molecule has 0 aromatic carbocycles. The van der Waals surface area contributed by atoms with Crippen LogP contribution in [0.5, 0.6) is 0 Å². The van der Waals surface area contributed by atoms with Gasteiger partial charge < -0.3 is 5.32 Å². The van der Waals surface area contributed by atoms with E-state index < -0.39 is 0 Å². The number of aromatic nitrogens is 4. The predicted molar refractivity (Wildman–Crippen MR) is 112 cm³/mol. The lowest BCUT2D eigenvalue weighted by atomic mass is 9.94. The zero-order valence-electron chi connectivity index (χ0n) is 16.9. The molecule has 0 saturated carbocycles. The van der Waals surface area contributed by atoms with Crippen LogP contribution in [-0.2, 0) is 13.6 Å². The summed E-state index contributed by atoms with van der Waals surface area (Å²) in [6.45, 7) is 4.78. The summed E-state index contributed by atoms with van der Waals surface area (Å²) in [6, 6.07) is 9.89. The number of likely N-dealkylation sites (tertiary alicyclic amines) is 1. The molecule has 1 aliphatic heterocycles. The number of hydrogen-bond acceptors (Lipinski definition) is 5. The summed E-state index contributed by atoms with van der Waals surface area (Å²) >= 11 is 0. The third kappa shape index (κ3) is 4.68. The van der Waals surface area contributed by atoms with Crippen LogP contribution in [0, 0.1) is 6.92 Å². The highest BCUT2D eigenvalue weighted by Crippen LogP contribution is 2.26. The summed E-state index contributed by atoms with van der Waals surface area (Å²) in [6.07, 6.45) is 7.57. The van der Waals surface area contributed by atoms with E-state index in [1.54, 1.807) is 17.1 Å². The Balaban J connectivity index is 1.39. The number of carbonyl (C=O) groups excluding carboxylic acids is 1. The summed E-state index contributed by atoms with van der Waals surface area (Å²) in [5.74, 6) is 0.214. The first-order valence-electron chi connectivity index (χ1n) is 9.98. The molecular formula is C22H26N6O. The molecule has 1 aliphatic rings. The van der Waals surface area contributed by atoms with Crippen molar-refractivity contribution in [3.05, 3.63) is 71.6 Å². The molecular weight excluding hydrogens is 364 g/mol. The van der Waals surface area contributed by atoms with Crippen LogP contribution < -0.4 is 5.32 Å². The smallest absolute Gasteiger partial charge is 0.257 e. The molecule has 1 atom stereocenters. The van der Waals surface area contributed by atoms with Crippen LogP contribution in [0.15, 0.2) is 48.9 Å². The van der Waals surface area contributed by atoms with E-state index in [0.717, 1.165) is 55.2 Å². The van der Waals surface area contributed by atoms with Gasteiger partial charge in [-0.25, -0.2) is 0 Å².